The molecule has 1 heterocycles. The minimum Gasteiger partial charge on any atom is -0.297 e. The molecule has 146 valence electrons. The number of aliphatic imine (C=N–C) groups is 1. The van der Waals surface area contributed by atoms with E-state index in [1.807, 2.05) is 0 Å². The molecule has 0 aliphatic heterocycles. The Bertz CT molecular complexity index is 597. The third-order valence-electron chi connectivity index (χ3n) is 5.37. The summed E-state index contributed by atoms with van der Waals surface area (Å²) in [5, 5.41) is 0.0885. The molecule has 1 aromatic heterocycles. The largest absolute Gasteiger partial charge is 0.417 e. The van der Waals surface area contributed by atoms with Crippen LogP contribution in [0.4, 0.5) is 13.2 Å². The smallest absolute Gasteiger partial charge is 0.297 e. The first-order valence-electron chi connectivity index (χ1n) is 9.54. The normalized spacial score (nSPS) is 17.1. The molecule has 0 bridgehead atoms. The Morgan fingerprint density at radius 1 is 1.19 bits per heavy atom. The zero-order chi connectivity index (χ0) is 19.2. The van der Waals surface area contributed by atoms with E-state index in [1.54, 1.807) is 0 Å². The molecule has 1 aromatic rings. The van der Waals surface area contributed by atoms with Gasteiger partial charge in [-0.3, -0.25) is 9.98 Å². The number of hydrogen-bond acceptors (Lipinski definition) is 2. The summed E-state index contributed by atoms with van der Waals surface area (Å²) in [4.78, 5) is 8.37. The molecule has 1 atom stereocenters. The van der Waals surface area contributed by atoms with Gasteiger partial charge in [-0.05, 0) is 32.0 Å². The third kappa shape index (κ3) is 5.21. The number of unbranched alkanes of at least 4 members (excludes halogenated alkanes) is 6. The molecule has 1 aliphatic rings. The molecular formula is C20H28ClF3N2. The Labute approximate surface area is 159 Å². The molecule has 0 radical (unpaired) electrons. The zero-order valence-electron chi connectivity index (χ0n) is 15.4. The highest BCUT2D eigenvalue weighted by Crippen LogP contribution is 2.54. The number of pyridine rings is 1. The first-order valence-corrected chi connectivity index (χ1v) is 9.92. The lowest BCUT2D eigenvalue weighted by molar-refractivity contribution is -0.137. The summed E-state index contributed by atoms with van der Waals surface area (Å²) in [7, 11) is 0. The maximum Gasteiger partial charge on any atom is 0.417 e. The SMILES string of the molecule is C=NC(CCCCCCCCC)C1(c2ncc(C(F)(F)F)cc2Cl)CC1. The molecular weight excluding hydrogens is 361 g/mol. The lowest BCUT2D eigenvalue weighted by atomic mass is 9.88. The number of halogens is 4. The molecule has 0 spiro atoms. The highest BCUT2D eigenvalue weighted by molar-refractivity contribution is 6.31. The van der Waals surface area contributed by atoms with Crippen molar-refractivity contribution in [2.45, 2.75) is 88.8 Å². The fraction of sp³-hybridized carbons (Fsp3) is 0.700. The van der Waals surface area contributed by atoms with Crippen LogP contribution in [-0.4, -0.2) is 17.7 Å². The van der Waals surface area contributed by atoms with E-state index in [1.165, 1.54) is 32.1 Å². The number of aromatic nitrogens is 1. The van der Waals surface area contributed by atoms with Crippen LogP contribution in [0.5, 0.6) is 0 Å². The average Bonchev–Trinajstić information content (AvgIpc) is 3.38. The standard InChI is InChI=1S/C20H28ClF3N2/c1-3-4-5-6-7-8-9-10-17(25-2)19(11-12-19)18-16(21)13-15(14-26-18)20(22,23)24/h13-14,17H,2-12H2,1H3. The van der Waals surface area contributed by atoms with Gasteiger partial charge in [-0.1, -0.05) is 63.5 Å². The van der Waals surface area contributed by atoms with Gasteiger partial charge in [-0.25, -0.2) is 0 Å². The summed E-state index contributed by atoms with van der Waals surface area (Å²) < 4.78 is 38.5. The topological polar surface area (TPSA) is 25.2 Å². The van der Waals surface area contributed by atoms with Gasteiger partial charge in [0.25, 0.3) is 0 Å². The van der Waals surface area contributed by atoms with E-state index in [0.29, 0.717) is 5.69 Å². The molecule has 1 saturated carbocycles. The summed E-state index contributed by atoms with van der Waals surface area (Å²) in [6.07, 6.45) is 7.55. The number of nitrogens with zero attached hydrogens (tertiary/aromatic N) is 2. The molecule has 0 aromatic carbocycles. The Balaban J connectivity index is 1.96. The van der Waals surface area contributed by atoms with Gasteiger partial charge in [0.05, 0.1) is 22.3 Å². The van der Waals surface area contributed by atoms with Gasteiger partial charge in [-0.2, -0.15) is 13.2 Å². The van der Waals surface area contributed by atoms with Crippen molar-refractivity contribution < 1.29 is 13.2 Å². The minimum atomic E-state index is -4.43. The number of alkyl halides is 3. The van der Waals surface area contributed by atoms with Crippen LogP contribution in [0.3, 0.4) is 0 Å². The molecule has 0 saturated heterocycles. The third-order valence-corrected chi connectivity index (χ3v) is 5.66. The van der Waals surface area contributed by atoms with Crippen LogP contribution in [0.25, 0.3) is 0 Å². The molecule has 26 heavy (non-hydrogen) atoms. The molecule has 6 heteroatoms. The average molecular weight is 389 g/mol. The van der Waals surface area contributed by atoms with Crippen molar-refractivity contribution in [3.8, 4) is 0 Å². The molecule has 2 rings (SSSR count). The summed E-state index contributed by atoms with van der Waals surface area (Å²) in [5.74, 6) is 0. The molecule has 1 unspecified atom stereocenters. The van der Waals surface area contributed by atoms with Crippen LogP contribution in [-0.2, 0) is 11.6 Å². The van der Waals surface area contributed by atoms with Gasteiger partial charge >= 0.3 is 6.18 Å². The number of rotatable bonds is 11. The van der Waals surface area contributed by atoms with Crippen LogP contribution < -0.4 is 0 Å². The fourth-order valence-electron chi connectivity index (χ4n) is 3.66. The fourth-order valence-corrected chi connectivity index (χ4v) is 4.01. The Kier molecular flexibility index (Phi) is 7.51. The quantitative estimate of drug-likeness (QED) is 0.296. The van der Waals surface area contributed by atoms with E-state index in [4.69, 9.17) is 11.6 Å². The first-order chi connectivity index (χ1) is 12.3. The van der Waals surface area contributed by atoms with Crippen LogP contribution in [0.2, 0.25) is 5.02 Å². The van der Waals surface area contributed by atoms with Gasteiger partial charge < -0.3 is 0 Å². The summed E-state index contributed by atoms with van der Waals surface area (Å²) >= 11 is 6.17. The van der Waals surface area contributed by atoms with E-state index in [2.05, 4.69) is 23.6 Å². The number of hydrogen-bond donors (Lipinski definition) is 0. The second kappa shape index (κ2) is 9.20. The van der Waals surface area contributed by atoms with Crippen molar-refractivity contribution in [2.75, 3.05) is 0 Å². The Hall–Kier alpha value is -1.10. The Morgan fingerprint density at radius 2 is 1.81 bits per heavy atom. The van der Waals surface area contributed by atoms with E-state index >= 15 is 0 Å². The van der Waals surface area contributed by atoms with E-state index < -0.39 is 11.7 Å². The maximum atomic E-state index is 12.8. The van der Waals surface area contributed by atoms with Gasteiger partial charge in [0.1, 0.15) is 0 Å². The molecule has 1 aliphatic carbocycles. The molecule has 0 amide bonds. The van der Waals surface area contributed by atoms with Crippen molar-refractivity contribution >= 4 is 18.3 Å². The van der Waals surface area contributed by atoms with Gasteiger partial charge in [0.2, 0.25) is 0 Å². The predicted octanol–water partition coefficient (Wildman–Crippen LogP) is 7.00. The van der Waals surface area contributed by atoms with Gasteiger partial charge in [-0.15, -0.1) is 0 Å². The summed E-state index contributed by atoms with van der Waals surface area (Å²) in [6.45, 7) is 5.92. The highest BCUT2D eigenvalue weighted by atomic mass is 35.5. The lowest BCUT2D eigenvalue weighted by Crippen LogP contribution is -2.26. The van der Waals surface area contributed by atoms with Crippen molar-refractivity contribution in [2.24, 2.45) is 4.99 Å². The van der Waals surface area contributed by atoms with Crippen molar-refractivity contribution in [3.05, 3.63) is 28.5 Å². The second-order valence-corrected chi connectivity index (χ2v) is 7.72. The van der Waals surface area contributed by atoms with Crippen molar-refractivity contribution in [1.82, 2.24) is 4.98 Å². The highest BCUT2D eigenvalue weighted by Gasteiger charge is 2.52. The lowest BCUT2D eigenvalue weighted by Gasteiger charge is -2.24. The van der Waals surface area contributed by atoms with E-state index in [0.717, 1.165) is 44.4 Å². The van der Waals surface area contributed by atoms with E-state index in [9.17, 15) is 13.2 Å². The van der Waals surface area contributed by atoms with Crippen LogP contribution in [0.15, 0.2) is 17.3 Å². The summed E-state index contributed by atoms with van der Waals surface area (Å²) in [5.41, 5.74) is -0.588. The van der Waals surface area contributed by atoms with Crippen LogP contribution in [0, 0.1) is 0 Å². The van der Waals surface area contributed by atoms with Crippen molar-refractivity contribution in [3.63, 3.8) is 0 Å². The zero-order valence-corrected chi connectivity index (χ0v) is 16.2. The molecule has 2 nitrogen and oxygen atoms in total. The van der Waals surface area contributed by atoms with Gasteiger partial charge in [0, 0.05) is 11.6 Å². The molecule has 1 fully saturated rings. The van der Waals surface area contributed by atoms with Gasteiger partial charge in [0.15, 0.2) is 0 Å². The molecule has 0 N–H and O–H groups in total. The minimum absolute atomic E-state index is 0.0279. The second-order valence-electron chi connectivity index (χ2n) is 7.32. The predicted molar refractivity (Wildman–Crippen MR) is 101 cm³/mol. The maximum absolute atomic E-state index is 12.8. The Morgan fingerprint density at radius 3 is 2.31 bits per heavy atom. The monoisotopic (exact) mass is 388 g/mol. The van der Waals surface area contributed by atoms with Crippen molar-refractivity contribution in [1.29, 1.82) is 0 Å². The van der Waals surface area contributed by atoms with E-state index in [-0.39, 0.29) is 16.5 Å². The van der Waals surface area contributed by atoms with Crippen LogP contribution >= 0.6 is 11.6 Å². The first kappa shape index (κ1) is 21.2. The van der Waals surface area contributed by atoms with Crippen LogP contribution in [0.1, 0.15) is 82.4 Å². The summed E-state index contributed by atoms with van der Waals surface area (Å²) in [6, 6.07) is 0.956.